The van der Waals surface area contributed by atoms with E-state index < -0.39 is 0 Å². The molecule has 2 heterocycles. The summed E-state index contributed by atoms with van der Waals surface area (Å²) in [6, 6.07) is 8.78. The van der Waals surface area contributed by atoms with Crippen LogP contribution < -0.4 is 5.46 Å². The predicted octanol–water partition coefficient (Wildman–Crippen LogP) is 2.97. The Kier molecular flexibility index (Phi) is 3.46. The summed E-state index contributed by atoms with van der Waals surface area (Å²) in [4.78, 5) is 2.57. The van der Waals surface area contributed by atoms with Gasteiger partial charge < -0.3 is 9.31 Å². The van der Waals surface area contributed by atoms with Crippen LogP contribution in [0.1, 0.15) is 52.5 Å². The Hall–Kier alpha value is -0.835. The van der Waals surface area contributed by atoms with Crippen molar-refractivity contribution in [3.8, 4) is 0 Å². The summed E-state index contributed by atoms with van der Waals surface area (Å²) in [5.41, 5.74) is 2.67. The molecule has 0 N–H and O–H groups in total. The van der Waals surface area contributed by atoms with Gasteiger partial charge in [-0.05, 0) is 57.0 Å². The normalized spacial score (nSPS) is 27.7. The molecule has 0 aromatic heterocycles. The summed E-state index contributed by atoms with van der Waals surface area (Å²) in [5.74, 6) is 0. The molecule has 0 bridgehead atoms. The van der Waals surface area contributed by atoms with Crippen LogP contribution in [0.4, 0.5) is 0 Å². The van der Waals surface area contributed by atoms with Crippen LogP contribution >= 0.6 is 0 Å². The first-order chi connectivity index (χ1) is 10.8. The Morgan fingerprint density at radius 2 is 1.52 bits per heavy atom. The number of hydrogen-bond acceptors (Lipinski definition) is 3. The monoisotopic (exact) mass is 313 g/mol. The molecule has 3 nitrogen and oxygen atoms in total. The predicted molar refractivity (Wildman–Crippen MR) is 93.7 cm³/mol. The van der Waals surface area contributed by atoms with E-state index in [0.29, 0.717) is 5.41 Å². The van der Waals surface area contributed by atoms with Gasteiger partial charge in [0.15, 0.2) is 0 Å². The van der Waals surface area contributed by atoms with E-state index in [1.54, 1.807) is 0 Å². The summed E-state index contributed by atoms with van der Waals surface area (Å²) in [6.07, 6.45) is 4.34. The maximum absolute atomic E-state index is 6.12. The Bertz CT molecular complexity index is 568. The lowest BCUT2D eigenvalue weighted by molar-refractivity contribution is -0.0645. The van der Waals surface area contributed by atoms with Crippen LogP contribution in [-0.4, -0.2) is 36.3 Å². The molecule has 4 heteroatoms. The third-order valence-corrected chi connectivity index (χ3v) is 6.44. The highest BCUT2D eigenvalue weighted by Gasteiger charge is 2.51. The average Bonchev–Trinajstić information content (AvgIpc) is 2.61. The lowest BCUT2D eigenvalue weighted by Crippen LogP contribution is -2.58. The van der Waals surface area contributed by atoms with Crippen molar-refractivity contribution >= 4 is 12.6 Å². The molecular weight excluding hydrogens is 285 g/mol. The number of rotatable bonds is 3. The molecule has 1 aliphatic carbocycles. The van der Waals surface area contributed by atoms with Crippen LogP contribution in [0.15, 0.2) is 24.3 Å². The van der Waals surface area contributed by atoms with E-state index in [0.717, 1.165) is 12.0 Å². The number of nitrogens with zero attached hydrogens (tertiary/aromatic N) is 1. The van der Waals surface area contributed by atoms with Crippen molar-refractivity contribution in [3.63, 3.8) is 0 Å². The molecule has 3 fully saturated rings. The maximum atomic E-state index is 6.12. The first-order valence-electron chi connectivity index (χ1n) is 8.96. The fraction of sp³-hybridized carbons (Fsp3) is 0.684. The van der Waals surface area contributed by atoms with Crippen LogP contribution in [0.2, 0.25) is 0 Å². The molecule has 0 atom stereocenters. The summed E-state index contributed by atoms with van der Waals surface area (Å²) < 4.78 is 12.2. The second-order valence-electron chi connectivity index (χ2n) is 8.83. The van der Waals surface area contributed by atoms with Gasteiger partial charge in [0, 0.05) is 19.6 Å². The van der Waals surface area contributed by atoms with E-state index in [4.69, 9.17) is 9.31 Å². The van der Waals surface area contributed by atoms with E-state index in [2.05, 4.69) is 56.9 Å². The first-order valence-corrected chi connectivity index (χ1v) is 8.96. The minimum Gasteiger partial charge on any atom is -0.399 e. The molecule has 3 aliphatic rings. The van der Waals surface area contributed by atoms with Gasteiger partial charge in [-0.1, -0.05) is 30.7 Å². The standard InChI is InChI=1S/C19H28BNO2/c1-17(2)18(3,4)23-20(22-17)16-8-6-15(7-9-16)12-21-13-19(14-21)10-5-11-19/h6-9H,5,10-14H2,1-4H3. The zero-order valence-electron chi connectivity index (χ0n) is 14.9. The molecular formula is C19H28BNO2. The molecule has 23 heavy (non-hydrogen) atoms. The van der Waals surface area contributed by atoms with E-state index in [9.17, 15) is 0 Å². The molecule has 0 unspecified atom stereocenters. The average molecular weight is 313 g/mol. The molecule has 1 aromatic carbocycles. The van der Waals surface area contributed by atoms with Gasteiger partial charge in [-0.15, -0.1) is 0 Å². The van der Waals surface area contributed by atoms with Gasteiger partial charge in [0.1, 0.15) is 0 Å². The molecule has 2 saturated heterocycles. The van der Waals surface area contributed by atoms with Gasteiger partial charge >= 0.3 is 7.12 Å². The zero-order chi connectivity index (χ0) is 16.3. The Balaban J connectivity index is 1.37. The summed E-state index contributed by atoms with van der Waals surface area (Å²) >= 11 is 0. The lowest BCUT2D eigenvalue weighted by Gasteiger charge is -2.56. The van der Waals surface area contributed by atoms with Crippen molar-refractivity contribution in [2.24, 2.45) is 5.41 Å². The van der Waals surface area contributed by atoms with E-state index in [1.807, 2.05) is 0 Å². The van der Waals surface area contributed by atoms with Crippen LogP contribution in [0, 0.1) is 5.41 Å². The first kappa shape index (κ1) is 15.7. The summed E-state index contributed by atoms with van der Waals surface area (Å²) in [5, 5.41) is 0. The summed E-state index contributed by atoms with van der Waals surface area (Å²) in [7, 11) is -0.253. The molecule has 1 spiro atoms. The van der Waals surface area contributed by atoms with Crippen molar-refractivity contribution in [3.05, 3.63) is 29.8 Å². The minimum absolute atomic E-state index is 0.253. The topological polar surface area (TPSA) is 21.7 Å². The number of benzene rings is 1. The molecule has 0 radical (unpaired) electrons. The van der Waals surface area contributed by atoms with Crippen molar-refractivity contribution < 1.29 is 9.31 Å². The number of hydrogen-bond donors (Lipinski definition) is 0. The van der Waals surface area contributed by atoms with E-state index in [1.165, 1.54) is 37.9 Å². The van der Waals surface area contributed by atoms with E-state index >= 15 is 0 Å². The molecule has 0 amide bonds. The van der Waals surface area contributed by atoms with Crippen molar-refractivity contribution in [1.29, 1.82) is 0 Å². The van der Waals surface area contributed by atoms with Crippen LogP contribution in [0.25, 0.3) is 0 Å². The maximum Gasteiger partial charge on any atom is 0.494 e. The highest BCUT2D eigenvalue weighted by Crippen LogP contribution is 2.48. The fourth-order valence-electron chi connectivity index (χ4n) is 4.02. The van der Waals surface area contributed by atoms with Gasteiger partial charge in [-0.2, -0.15) is 0 Å². The Morgan fingerprint density at radius 1 is 0.957 bits per heavy atom. The van der Waals surface area contributed by atoms with Crippen LogP contribution in [0.3, 0.4) is 0 Å². The van der Waals surface area contributed by atoms with Crippen molar-refractivity contribution in [2.45, 2.75) is 64.7 Å². The van der Waals surface area contributed by atoms with Crippen molar-refractivity contribution in [1.82, 2.24) is 4.90 Å². The van der Waals surface area contributed by atoms with E-state index in [-0.39, 0.29) is 18.3 Å². The third kappa shape index (κ3) is 2.65. The molecule has 1 saturated carbocycles. The second kappa shape index (κ2) is 5.08. The largest absolute Gasteiger partial charge is 0.494 e. The van der Waals surface area contributed by atoms with Gasteiger partial charge in [-0.3, -0.25) is 4.90 Å². The molecule has 4 rings (SSSR count). The van der Waals surface area contributed by atoms with Crippen LogP contribution in [0.5, 0.6) is 0 Å². The quantitative estimate of drug-likeness (QED) is 0.801. The van der Waals surface area contributed by atoms with Gasteiger partial charge in [0.05, 0.1) is 11.2 Å². The molecule has 2 aliphatic heterocycles. The third-order valence-electron chi connectivity index (χ3n) is 6.44. The highest BCUT2D eigenvalue weighted by molar-refractivity contribution is 6.62. The lowest BCUT2D eigenvalue weighted by atomic mass is 9.63. The van der Waals surface area contributed by atoms with Gasteiger partial charge in [0.25, 0.3) is 0 Å². The summed E-state index contributed by atoms with van der Waals surface area (Å²) in [6.45, 7) is 12.1. The molecule has 124 valence electrons. The SMILES string of the molecule is CC1(C)OB(c2ccc(CN3CC4(CCC4)C3)cc2)OC1(C)C. The van der Waals surface area contributed by atoms with Gasteiger partial charge in [0.2, 0.25) is 0 Å². The zero-order valence-corrected chi connectivity index (χ0v) is 14.9. The Morgan fingerprint density at radius 3 is 2.00 bits per heavy atom. The smallest absolute Gasteiger partial charge is 0.399 e. The second-order valence-corrected chi connectivity index (χ2v) is 8.83. The van der Waals surface area contributed by atoms with Crippen LogP contribution in [-0.2, 0) is 15.9 Å². The Labute approximate surface area is 140 Å². The van der Waals surface area contributed by atoms with Crippen molar-refractivity contribution in [2.75, 3.05) is 13.1 Å². The highest BCUT2D eigenvalue weighted by atomic mass is 16.7. The minimum atomic E-state index is -0.273. The fourth-order valence-corrected chi connectivity index (χ4v) is 4.02. The molecule has 1 aromatic rings. The number of likely N-dealkylation sites (tertiary alicyclic amines) is 1. The van der Waals surface area contributed by atoms with Gasteiger partial charge in [-0.25, -0.2) is 0 Å².